The molecule has 0 spiro atoms. The average Bonchev–Trinajstić information content (AvgIpc) is 2.89. The Morgan fingerprint density at radius 2 is 1.50 bits per heavy atom. The Morgan fingerprint density at radius 3 is 2.10 bits per heavy atom. The number of hydrogen-bond donors (Lipinski definition) is 1. The highest BCUT2D eigenvalue weighted by atomic mass is 15.3. The molecule has 1 aromatic heterocycles. The summed E-state index contributed by atoms with van der Waals surface area (Å²) < 4.78 is 1.86. The van der Waals surface area contributed by atoms with Crippen LogP contribution in [0.5, 0.6) is 0 Å². The summed E-state index contributed by atoms with van der Waals surface area (Å²) in [6.45, 7) is 2.88. The van der Waals surface area contributed by atoms with Gasteiger partial charge >= 0.3 is 0 Å². The summed E-state index contributed by atoms with van der Waals surface area (Å²) in [5.74, 6) is 0. The van der Waals surface area contributed by atoms with Crippen LogP contribution in [0.15, 0.2) is 60.8 Å². The van der Waals surface area contributed by atoms with Gasteiger partial charge in [-0.05, 0) is 18.1 Å². The van der Waals surface area contributed by atoms with Crippen LogP contribution in [-0.4, -0.2) is 9.78 Å². The van der Waals surface area contributed by atoms with Crippen molar-refractivity contribution in [1.29, 1.82) is 0 Å². The maximum Gasteiger partial charge on any atom is 0.115 e. The molecule has 0 radical (unpaired) electrons. The normalized spacial score (nSPS) is 10.7. The summed E-state index contributed by atoms with van der Waals surface area (Å²) in [5, 5.41) is 4.49. The summed E-state index contributed by atoms with van der Waals surface area (Å²) >= 11 is 0. The maximum atomic E-state index is 6.01. The molecule has 0 saturated carbocycles. The third-order valence-corrected chi connectivity index (χ3v) is 3.38. The van der Waals surface area contributed by atoms with Crippen molar-refractivity contribution in [3.05, 3.63) is 60.8 Å². The molecule has 100 valence electrons. The molecular formula is C17H17N3. The lowest BCUT2D eigenvalue weighted by Crippen LogP contribution is -1.93. The van der Waals surface area contributed by atoms with E-state index in [0.717, 1.165) is 23.5 Å². The Morgan fingerprint density at radius 1 is 0.900 bits per heavy atom. The summed E-state index contributed by atoms with van der Waals surface area (Å²) in [4.78, 5) is 0. The summed E-state index contributed by atoms with van der Waals surface area (Å²) in [6.07, 6.45) is 1.88. The maximum absolute atomic E-state index is 6.01. The molecule has 0 fully saturated rings. The van der Waals surface area contributed by atoms with Gasteiger partial charge < -0.3 is 5.73 Å². The number of nitrogen functional groups attached to an aromatic ring is 1. The SMILES string of the molecule is CCn1cc(N)c(-c2ccc(-c3ccccc3)cc2)n1. The van der Waals surface area contributed by atoms with E-state index in [1.807, 2.05) is 29.1 Å². The fourth-order valence-electron chi connectivity index (χ4n) is 2.27. The third kappa shape index (κ3) is 2.30. The predicted octanol–water partition coefficient (Wildman–Crippen LogP) is 3.82. The van der Waals surface area contributed by atoms with Crippen molar-refractivity contribution in [1.82, 2.24) is 9.78 Å². The van der Waals surface area contributed by atoms with Crippen LogP contribution in [0.1, 0.15) is 6.92 Å². The van der Waals surface area contributed by atoms with Gasteiger partial charge in [0.05, 0.1) is 5.69 Å². The lowest BCUT2D eigenvalue weighted by Gasteiger charge is -2.03. The van der Waals surface area contributed by atoms with Crippen molar-refractivity contribution < 1.29 is 0 Å². The number of nitrogens with zero attached hydrogens (tertiary/aromatic N) is 2. The van der Waals surface area contributed by atoms with E-state index in [1.54, 1.807) is 0 Å². The Balaban J connectivity index is 1.95. The molecule has 0 unspecified atom stereocenters. The van der Waals surface area contributed by atoms with Crippen molar-refractivity contribution >= 4 is 5.69 Å². The Labute approximate surface area is 118 Å². The summed E-state index contributed by atoms with van der Waals surface area (Å²) in [5.41, 5.74) is 11.1. The molecule has 0 aliphatic carbocycles. The Bertz CT molecular complexity index is 697. The molecule has 3 nitrogen and oxygen atoms in total. The van der Waals surface area contributed by atoms with Gasteiger partial charge in [-0.25, -0.2) is 0 Å². The fraction of sp³-hybridized carbons (Fsp3) is 0.118. The number of hydrogen-bond acceptors (Lipinski definition) is 2. The zero-order valence-electron chi connectivity index (χ0n) is 11.5. The molecule has 3 rings (SSSR count). The van der Waals surface area contributed by atoms with Gasteiger partial charge in [-0.15, -0.1) is 0 Å². The van der Waals surface area contributed by atoms with E-state index < -0.39 is 0 Å². The zero-order chi connectivity index (χ0) is 13.9. The van der Waals surface area contributed by atoms with Crippen molar-refractivity contribution in [3.63, 3.8) is 0 Å². The second-order valence-corrected chi connectivity index (χ2v) is 4.73. The third-order valence-electron chi connectivity index (χ3n) is 3.38. The first-order valence-corrected chi connectivity index (χ1v) is 6.76. The first-order chi connectivity index (χ1) is 9.78. The largest absolute Gasteiger partial charge is 0.396 e. The molecule has 0 bridgehead atoms. The molecule has 0 aliphatic heterocycles. The lowest BCUT2D eigenvalue weighted by molar-refractivity contribution is 0.662. The second kappa shape index (κ2) is 5.21. The van der Waals surface area contributed by atoms with E-state index in [4.69, 9.17) is 5.73 Å². The first kappa shape index (κ1) is 12.5. The van der Waals surface area contributed by atoms with E-state index in [-0.39, 0.29) is 0 Å². The quantitative estimate of drug-likeness (QED) is 0.780. The van der Waals surface area contributed by atoms with Crippen molar-refractivity contribution in [2.24, 2.45) is 0 Å². The predicted molar refractivity (Wildman–Crippen MR) is 83.2 cm³/mol. The molecular weight excluding hydrogens is 246 g/mol. The van der Waals surface area contributed by atoms with Gasteiger partial charge in [-0.2, -0.15) is 5.10 Å². The molecule has 1 heterocycles. The first-order valence-electron chi connectivity index (χ1n) is 6.76. The van der Waals surface area contributed by atoms with Crippen LogP contribution in [0.25, 0.3) is 22.4 Å². The second-order valence-electron chi connectivity index (χ2n) is 4.73. The highest BCUT2D eigenvalue weighted by Gasteiger charge is 2.08. The number of rotatable bonds is 3. The van der Waals surface area contributed by atoms with Crippen LogP contribution in [0.4, 0.5) is 5.69 Å². The van der Waals surface area contributed by atoms with E-state index in [0.29, 0.717) is 0 Å². The van der Waals surface area contributed by atoms with E-state index in [9.17, 15) is 0 Å². The number of aryl methyl sites for hydroxylation is 1. The van der Waals surface area contributed by atoms with Gasteiger partial charge in [0.1, 0.15) is 5.69 Å². The average molecular weight is 263 g/mol. The van der Waals surface area contributed by atoms with Crippen LogP contribution < -0.4 is 5.73 Å². The number of benzene rings is 2. The molecule has 0 amide bonds. The molecule has 0 atom stereocenters. The van der Waals surface area contributed by atoms with Crippen molar-refractivity contribution in [3.8, 4) is 22.4 Å². The smallest absolute Gasteiger partial charge is 0.115 e. The van der Waals surface area contributed by atoms with Gasteiger partial charge in [-0.1, -0.05) is 54.6 Å². The minimum atomic E-state index is 0.722. The molecule has 0 saturated heterocycles. The van der Waals surface area contributed by atoms with Crippen LogP contribution in [0.2, 0.25) is 0 Å². The zero-order valence-corrected chi connectivity index (χ0v) is 11.5. The lowest BCUT2D eigenvalue weighted by atomic mass is 10.0. The van der Waals surface area contributed by atoms with E-state index in [2.05, 4.69) is 48.4 Å². The minimum absolute atomic E-state index is 0.722. The van der Waals surface area contributed by atoms with Crippen LogP contribution >= 0.6 is 0 Å². The van der Waals surface area contributed by atoms with Gasteiger partial charge in [0, 0.05) is 18.3 Å². The monoisotopic (exact) mass is 263 g/mol. The van der Waals surface area contributed by atoms with Gasteiger partial charge in [0.15, 0.2) is 0 Å². The molecule has 3 aromatic rings. The Kier molecular flexibility index (Phi) is 3.25. The van der Waals surface area contributed by atoms with Crippen LogP contribution in [0.3, 0.4) is 0 Å². The van der Waals surface area contributed by atoms with E-state index >= 15 is 0 Å². The number of aromatic nitrogens is 2. The topological polar surface area (TPSA) is 43.8 Å². The molecule has 2 N–H and O–H groups in total. The highest BCUT2D eigenvalue weighted by molar-refractivity contribution is 5.74. The van der Waals surface area contributed by atoms with Gasteiger partial charge in [-0.3, -0.25) is 4.68 Å². The molecule has 2 aromatic carbocycles. The molecule has 20 heavy (non-hydrogen) atoms. The minimum Gasteiger partial charge on any atom is -0.396 e. The number of anilines is 1. The summed E-state index contributed by atoms with van der Waals surface area (Å²) in [6, 6.07) is 18.7. The van der Waals surface area contributed by atoms with E-state index in [1.165, 1.54) is 11.1 Å². The fourth-order valence-corrected chi connectivity index (χ4v) is 2.27. The van der Waals surface area contributed by atoms with Crippen LogP contribution in [-0.2, 0) is 6.54 Å². The highest BCUT2D eigenvalue weighted by Crippen LogP contribution is 2.27. The summed E-state index contributed by atoms with van der Waals surface area (Å²) in [7, 11) is 0. The Hall–Kier alpha value is -2.55. The van der Waals surface area contributed by atoms with Gasteiger partial charge in [0.2, 0.25) is 0 Å². The van der Waals surface area contributed by atoms with Crippen LogP contribution in [0, 0.1) is 0 Å². The van der Waals surface area contributed by atoms with Crippen molar-refractivity contribution in [2.75, 3.05) is 5.73 Å². The van der Waals surface area contributed by atoms with Crippen molar-refractivity contribution in [2.45, 2.75) is 13.5 Å². The molecule has 3 heteroatoms. The number of nitrogens with two attached hydrogens (primary N) is 1. The standard InChI is InChI=1S/C17H17N3/c1-2-20-12-16(18)17(19-20)15-10-8-14(9-11-15)13-6-4-3-5-7-13/h3-12H,2,18H2,1H3. The van der Waals surface area contributed by atoms with Gasteiger partial charge in [0.25, 0.3) is 0 Å². The molecule has 0 aliphatic rings.